The standard InChI is InChI=1S/C32H38Cl3N3O5S/c1-5-22(2)36-32(40)29(18-23-10-7-6-8-11-23)37(21-24-13-14-25(33)19-27(24)34)31(39)12-9-17-38(44(4,41)42)26-15-16-30(43-3)28(35)20-26/h6-8,10-11,13-16,19-20,22,29H,5,9,12,17-18,21H2,1-4H3,(H,36,40)/t22-,29-/m1/s1. The van der Waals surface area contributed by atoms with Crippen molar-refractivity contribution in [1.82, 2.24) is 10.2 Å². The molecule has 2 atom stereocenters. The van der Waals surface area contributed by atoms with Gasteiger partial charge in [0.2, 0.25) is 21.8 Å². The molecule has 44 heavy (non-hydrogen) atoms. The van der Waals surface area contributed by atoms with Crippen LogP contribution in [0.25, 0.3) is 0 Å². The normalized spacial score (nSPS) is 12.7. The minimum atomic E-state index is -3.70. The van der Waals surface area contributed by atoms with E-state index in [9.17, 15) is 18.0 Å². The summed E-state index contributed by atoms with van der Waals surface area (Å²) in [6.45, 7) is 3.96. The lowest BCUT2D eigenvalue weighted by atomic mass is 10.0. The summed E-state index contributed by atoms with van der Waals surface area (Å²) in [5.41, 5.74) is 1.87. The van der Waals surface area contributed by atoms with Crippen LogP contribution in [0, 0.1) is 0 Å². The van der Waals surface area contributed by atoms with Crippen molar-refractivity contribution in [3.05, 3.63) is 92.9 Å². The summed E-state index contributed by atoms with van der Waals surface area (Å²) in [6.07, 6.45) is 2.25. The van der Waals surface area contributed by atoms with Gasteiger partial charge in [-0.2, -0.15) is 0 Å². The number of carbonyl (C=O) groups excluding carboxylic acids is 2. The van der Waals surface area contributed by atoms with Gasteiger partial charge in [0.05, 0.1) is 24.1 Å². The fourth-order valence-corrected chi connectivity index (χ4v) is 6.32. The van der Waals surface area contributed by atoms with Crippen LogP contribution in [0.1, 0.15) is 44.2 Å². The molecule has 0 bridgehead atoms. The van der Waals surface area contributed by atoms with Gasteiger partial charge < -0.3 is 15.0 Å². The molecule has 0 unspecified atom stereocenters. The molecule has 0 fully saturated rings. The quantitative estimate of drug-likeness (QED) is 0.191. The summed E-state index contributed by atoms with van der Waals surface area (Å²) in [5.74, 6) is -0.194. The highest BCUT2D eigenvalue weighted by atomic mass is 35.5. The Hall–Kier alpha value is -2.98. The van der Waals surface area contributed by atoms with Crippen molar-refractivity contribution in [2.45, 2.75) is 58.2 Å². The highest BCUT2D eigenvalue weighted by molar-refractivity contribution is 7.92. The van der Waals surface area contributed by atoms with Crippen LogP contribution in [0.5, 0.6) is 5.75 Å². The van der Waals surface area contributed by atoms with Gasteiger partial charge >= 0.3 is 0 Å². The van der Waals surface area contributed by atoms with E-state index in [-0.39, 0.29) is 55.2 Å². The second kappa shape index (κ2) is 16.4. The average molecular weight is 683 g/mol. The summed E-state index contributed by atoms with van der Waals surface area (Å²) < 4.78 is 31.8. The smallest absolute Gasteiger partial charge is 0.243 e. The topological polar surface area (TPSA) is 96.0 Å². The zero-order chi connectivity index (χ0) is 32.4. The second-order valence-electron chi connectivity index (χ2n) is 10.5. The van der Waals surface area contributed by atoms with Crippen LogP contribution in [0.3, 0.4) is 0 Å². The maximum absolute atomic E-state index is 14.0. The summed E-state index contributed by atoms with van der Waals surface area (Å²) in [4.78, 5) is 29.2. The summed E-state index contributed by atoms with van der Waals surface area (Å²) in [7, 11) is -2.23. The third-order valence-corrected chi connectivity index (χ3v) is 9.28. The van der Waals surface area contributed by atoms with Gasteiger partial charge in [0.1, 0.15) is 11.8 Å². The highest BCUT2D eigenvalue weighted by Gasteiger charge is 2.31. The molecule has 0 radical (unpaired) electrons. The molecule has 0 saturated heterocycles. The first-order valence-corrected chi connectivity index (χ1v) is 17.2. The molecule has 0 heterocycles. The van der Waals surface area contributed by atoms with Crippen molar-refractivity contribution < 1.29 is 22.7 Å². The molecule has 3 aromatic rings. The molecule has 3 rings (SSSR count). The molecule has 0 aliphatic heterocycles. The number of methoxy groups -OCH3 is 1. The summed E-state index contributed by atoms with van der Waals surface area (Å²) in [5, 5.41) is 4.11. The lowest BCUT2D eigenvalue weighted by Gasteiger charge is -2.33. The lowest BCUT2D eigenvalue weighted by Crippen LogP contribution is -2.52. The molecule has 3 aromatic carbocycles. The van der Waals surface area contributed by atoms with Crippen molar-refractivity contribution >= 4 is 62.3 Å². The number of amides is 2. The van der Waals surface area contributed by atoms with E-state index >= 15 is 0 Å². The minimum Gasteiger partial charge on any atom is -0.495 e. The first-order chi connectivity index (χ1) is 20.8. The molecule has 238 valence electrons. The van der Waals surface area contributed by atoms with Crippen LogP contribution < -0.4 is 14.4 Å². The average Bonchev–Trinajstić information content (AvgIpc) is 2.97. The van der Waals surface area contributed by atoms with Crippen molar-refractivity contribution in [1.29, 1.82) is 0 Å². The van der Waals surface area contributed by atoms with Gasteiger partial charge in [-0.15, -0.1) is 0 Å². The van der Waals surface area contributed by atoms with E-state index in [1.165, 1.54) is 22.4 Å². The monoisotopic (exact) mass is 681 g/mol. The van der Waals surface area contributed by atoms with Crippen molar-refractivity contribution in [3.63, 3.8) is 0 Å². The van der Waals surface area contributed by atoms with E-state index in [4.69, 9.17) is 39.5 Å². The van der Waals surface area contributed by atoms with Crippen LogP contribution in [0.2, 0.25) is 15.1 Å². The fraction of sp³-hybridized carbons (Fsp3) is 0.375. The predicted molar refractivity (Wildman–Crippen MR) is 178 cm³/mol. The number of carbonyl (C=O) groups is 2. The number of anilines is 1. The predicted octanol–water partition coefficient (Wildman–Crippen LogP) is 6.76. The Bertz CT molecular complexity index is 1540. The van der Waals surface area contributed by atoms with E-state index in [2.05, 4.69) is 5.32 Å². The van der Waals surface area contributed by atoms with Crippen molar-refractivity contribution in [2.24, 2.45) is 0 Å². The molecule has 2 amide bonds. The van der Waals surface area contributed by atoms with Gasteiger partial charge in [0.15, 0.2) is 0 Å². The van der Waals surface area contributed by atoms with E-state index in [1.54, 1.807) is 30.3 Å². The summed E-state index contributed by atoms with van der Waals surface area (Å²) >= 11 is 18.9. The van der Waals surface area contributed by atoms with Crippen LogP contribution in [0.4, 0.5) is 5.69 Å². The number of rotatable bonds is 15. The molecule has 1 N–H and O–H groups in total. The van der Waals surface area contributed by atoms with Crippen LogP contribution in [0.15, 0.2) is 66.7 Å². The van der Waals surface area contributed by atoms with Crippen molar-refractivity contribution in [2.75, 3.05) is 24.2 Å². The van der Waals surface area contributed by atoms with E-state index < -0.39 is 16.1 Å². The van der Waals surface area contributed by atoms with Gasteiger partial charge in [0, 0.05) is 42.0 Å². The van der Waals surface area contributed by atoms with E-state index in [1.807, 2.05) is 44.2 Å². The Kier molecular flexibility index (Phi) is 13.2. The molecule has 0 aromatic heterocycles. The van der Waals surface area contributed by atoms with Gasteiger partial charge in [0.25, 0.3) is 0 Å². The zero-order valence-corrected chi connectivity index (χ0v) is 28.3. The number of nitrogens with one attached hydrogen (secondary N) is 1. The van der Waals surface area contributed by atoms with Crippen LogP contribution in [-0.4, -0.2) is 57.1 Å². The summed E-state index contributed by atoms with van der Waals surface area (Å²) in [6, 6.07) is 18.2. The zero-order valence-electron chi connectivity index (χ0n) is 25.2. The number of halogens is 3. The molecule has 8 nitrogen and oxygen atoms in total. The number of hydrogen-bond acceptors (Lipinski definition) is 5. The minimum absolute atomic E-state index is 0.0190. The molecule has 0 aliphatic carbocycles. The molecular weight excluding hydrogens is 645 g/mol. The number of ether oxygens (including phenoxy) is 1. The first-order valence-electron chi connectivity index (χ1n) is 14.2. The van der Waals surface area contributed by atoms with Gasteiger partial charge in [-0.1, -0.05) is 78.1 Å². The number of hydrogen-bond donors (Lipinski definition) is 1. The van der Waals surface area contributed by atoms with Gasteiger partial charge in [-0.05, 0) is 61.2 Å². The van der Waals surface area contributed by atoms with E-state index in [0.717, 1.165) is 18.2 Å². The van der Waals surface area contributed by atoms with Crippen LogP contribution >= 0.6 is 34.8 Å². The van der Waals surface area contributed by atoms with Gasteiger partial charge in [-0.25, -0.2) is 8.42 Å². The third-order valence-electron chi connectivity index (χ3n) is 7.20. The number of sulfonamides is 1. The molecule has 0 saturated carbocycles. The van der Waals surface area contributed by atoms with Crippen LogP contribution in [-0.2, 0) is 32.6 Å². The number of nitrogens with zero attached hydrogens (tertiary/aromatic N) is 2. The Labute approximate surface area is 275 Å². The Morgan fingerprint density at radius 2 is 1.68 bits per heavy atom. The fourth-order valence-electron chi connectivity index (χ4n) is 4.64. The van der Waals surface area contributed by atoms with Gasteiger partial charge in [-0.3, -0.25) is 13.9 Å². The Morgan fingerprint density at radius 1 is 0.977 bits per heavy atom. The maximum Gasteiger partial charge on any atom is 0.243 e. The number of benzene rings is 3. The molecular formula is C32H38Cl3N3O5S. The Morgan fingerprint density at radius 3 is 2.27 bits per heavy atom. The lowest BCUT2D eigenvalue weighted by molar-refractivity contribution is -0.141. The van der Waals surface area contributed by atoms with E-state index in [0.29, 0.717) is 27.0 Å². The largest absolute Gasteiger partial charge is 0.495 e. The molecule has 0 aliphatic rings. The second-order valence-corrected chi connectivity index (χ2v) is 13.7. The molecule has 0 spiro atoms. The van der Waals surface area contributed by atoms with Crippen molar-refractivity contribution in [3.8, 4) is 5.75 Å². The third kappa shape index (κ3) is 10.0. The highest BCUT2D eigenvalue weighted by Crippen LogP contribution is 2.31. The maximum atomic E-state index is 14.0. The molecule has 12 heteroatoms. The SMILES string of the molecule is CC[C@@H](C)NC(=O)[C@@H](Cc1ccccc1)N(Cc1ccc(Cl)cc1Cl)C(=O)CCCN(c1ccc(OC)c(Cl)c1)S(C)(=O)=O. The Balaban J connectivity index is 1.92. The first kappa shape index (κ1) is 35.5.